The van der Waals surface area contributed by atoms with Crippen LogP contribution in [0.1, 0.15) is 26.1 Å². The fraction of sp³-hybridized carbons (Fsp3) is 0.750. The Labute approximate surface area is 72.8 Å². The molecular formula is C8H16N4. The highest BCUT2D eigenvalue weighted by Gasteiger charge is 2.03. The summed E-state index contributed by atoms with van der Waals surface area (Å²) in [5.41, 5.74) is 5.54. The molecule has 1 aromatic heterocycles. The SMILES string of the molecule is CC(C)CCc1nc(N)n(C)n1. The number of anilines is 1. The molecule has 0 saturated carbocycles. The minimum Gasteiger partial charge on any atom is -0.368 e. The van der Waals surface area contributed by atoms with Crippen molar-refractivity contribution in [2.45, 2.75) is 26.7 Å². The number of aryl methyl sites for hydroxylation is 2. The van der Waals surface area contributed by atoms with Crippen molar-refractivity contribution in [3.8, 4) is 0 Å². The molecule has 1 rings (SSSR count). The third-order valence-electron chi connectivity index (χ3n) is 1.79. The van der Waals surface area contributed by atoms with Gasteiger partial charge < -0.3 is 5.73 Å². The molecule has 2 N–H and O–H groups in total. The van der Waals surface area contributed by atoms with E-state index in [0.29, 0.717) is 11.9 Å². The normalized spacial score (nSPS) is 11.0. The summed E-state index contributed by atoms with van der Waals surface area (Å²) in [6.07, 6.45) is 2.03. The minimum atomic E-state index is 0.494. The van der Waals surface area contributed by atoms with E-state index in [1.807, 2.05) is 0 Å². The van der Waals surface area contributed by atoms with E-state index in [1.54, 1.807) is 11.7 Å². The molecular weight excluding hydrogens is 152 g/mol. The molecule has 0 aromatic carbocycles. The molecule has 0 radical (unpaired) electrons. The van der Waals surface area contributed by atoms with Crippen molar-refractivity contribution in [1.29, 1.82) is 0 Å². The third-order valence-corrected chi connectivity index (χ3v) is 1.79. The van der Waals surface area contributed by atoms with E-state index in [9.17, 15) is 0 Å². The molecule has 0 fully saturated rings. The summed E-state index contributed by atoms with van der Waals surface area (Å²) in [6, 6.07) is 0. The Bertz CT molecular complexity index is 232. The zero-order valence-corrected chi connectivity index (χ0v) is 7.91. The first-order valence-electron chi connectivity index (χ1n) is 4.25. The van der Waals surface area contributed by atoms with Crippen molar-refractivity contribution in [3.05, 3.63) is 5.82 Å². The Morgan fingerprint density at radius 3 is 2.58 bits per heavy atom. The summed E-state index contributed by atoms with van der Waals surface area (Å²) < 4.78 is 1.61. The van der Waals surface area contributed by atoms with Gasteiger partial charge in [0.1, 0.15) is 0 Å². The van der Waals surface area contributed by atoms with Gasteiger partial charge >= 0.3 is 0 Å². The van der Waals surface area contributed by atoms with Crippen LogP contribution < -0.4 is 5.73 Å². The second-order valence-electron chi connectivity index (χ2n) is 3.44. The van der Waals surface area contributed by atoms with Crippen molar-refractivity contribution < 1.29 is 0 Å². The van der Waals surface area contributed by atoms with Gasteiger partial charge in [-0.2, -0.15) is 10.1 Å². The monoisotopic (exact) mass is 168 g/mol. The summed E-state index contributed by atoms with van der Waals surface area (Å²) in [7, 11) is 1.81. The average molecular weight is 168 g/mol. The van der Waals surface area contributed by atoms with E-state index in [0.717, 1.165) is 18.7 Å². The number of nitrogens with zero attached hydrogens (tertiary/aromatic N) is 3. The van der Waals surface area contributed by atoms with Crippen LogP contribution in [0.5, 0.6) is 0 Å². The predicted octanol–water partition coefficient (Wildman–Crippen LogP) is 0.986. The fourth-order valence-electron chi connectivity index (χ4n) is 0.975. The molecule has 0 atom stereocenters. The fourth-order valence-corrected chi connectivity index (χ4v) is 0.975. The maximum absolute atomic E-state index is 5.54. The van der Waals surface area contributed by atoms with Crippen LogP contribution in [0.3, 0.4) is 0 Å². The first-order chi connectivity index (χ1) is 5.59. The van der Waals surface area contributed by atoms with Crippen LogP contribution in [0.4, 0.5) is 5.95 Å². The lowest BCUT2D eigenvalue weighted by Gasteiger charge is -1.99. The molecule has 1 heterocycles. The Hall–Kier alpha value is -1.06. The summed E-state index contributed by atoms with van der Waals surface area (Å²) in [5.74, 6) is 2.03. The van der Waals surface area contributed by atoms with Crippen LogP contribution >= 0.6 is 0 Å². The highest BCUT2D eigenvalue weighted by molar-refractivity contribution is 5.15. The number of aromatic nitrogens is 3. The van der Waals surface area contributed by atoms with Gasteiger partial charge in [-0.25, -0.2) is 4.68 Å². The van der Waals surface area contributed by atoms with Crippen LogP contribution in [-0.2, 0) is 13.5 Å². The Balaban J connectivity index is 2.53. The summed E-state index contributed by atoms with van der Waals surface area (Å²) >= 11 is 0. The second-order valence-corrected chi connectivity index (χ2v) is 3.44. The molecule has 12 heavy (non-hydrogen) atoms. The molecule has 0 spiro atoms. The van der Waals surface area contributed by atoms with E-state index < -0.39 is 0 Å². The van der Waals surface area contributed by atoms with Gasteiger partial charge in [0.05, 0.1) is 0 Å². The van der Waals surface area contributed by atoms with Crippen LogP contribution in [0, 0.1) is 5.92 Å². The number of hydrogen-bond acceptors (Lipinski definition) is 3. The maximum atomic E-state index is 5.54. The number of hydrogen-bond donors (Lipinski definition) is 1. The van der Waals surface area contributed by atoms with Crippen molar-refractivity contribution in [3.63, 3.8) is 0 Å². The standard InChI is InChI=1S/C8H16N4/c1-6(2)4-5-7-10-8(9)12(3)11-7/h6H,4-5H2,1-3H3,(H2,9,10,11). The molecule has 0 aliphatic rings. The van der Waals surface area contributed by atoms with E-state index in [4.69, 9.17) is 5.73 Å². The second kappa shape index (κ2) is 3.56. The summed E-state index contributed by atoms with van der Waals surface area (Å²) in [4.78, 5) is 4.11. The summed E-state index contributed by atoms with van der Waals surface area (Å²) in [5, 5.41) is 4.16. The predicted molar refractivity (Wildman–Crippen MR) is 48.6 cm³/mol. The molecule has 1 aromatic rings. The van der Waals surface area contributed by atoms with Gasteiger partial charge in [0.15, 0.2) is 5.82 Å². The molecule has 68 valence electrons. The van der Waals surface area contributed by atoms with Crippen molar-refractivity contribution in [2.75, 3.05) is 5.73 Å². The lowest BCUT2D eigenvalue weighted by Crippen LogP contribution is -1.98. The topological polar surface area (TPSA) is 56.7 Å². The highest BCUT2D eigenvalue weighted by atomic mass is 15.4. The van der Waals surface area contributed by atoms with Gasteiger partial charge in [0.2, 0.25) is 5.95 Å². The van der Waals surface area contributed by atoms with Gasteiger partial charge in [-0.3, -0.25) is 0 Å². The van der Waals surface area contributed by atoms with Crippen LogP contribution in [0.2, 0.25) is 0 Å². The lowest BCUT2D eigenvalue weighted by molar-refractivity contribution is 0.572. The molecule has 0 unspecified atom stereocenters. The van der Waals surface area contributed by atoms with Gasteiger partial charge in [-0.1, -0.05) is 13.8 Å². The first-order valence-corrected chi connectivity index (χ1v) is 4.25. The lowest BCUT2D eigenvalue weighted by atomic mass is 10.1. The van der Waals surface area contributed by atoms with Gasteiger partial charge in [-0.15, -0.1) is 0 Å². The molecule has 0 bridgehead atoms. The Morgan fingerprint density at radius 1 is 1.50 bits per heavy atom. The third kappa shape index (κ3) is 2.22. The van der Waals surface area contributed by atoms with Crippen molar-refractivity contribution >= 4 is 5.95 Å². The van der Waals surface area contributed by atoms with Crippen LogP contribution in [-0.4, -0.2) is 14.8 Å². The maximum Gasteiger partial charge on any atom is 0.218 e. The minimum absolute atomic E-state index is 0.494. The zero-order valence-electron chi connectivity index (χ0n) is 7.91. The average Bonchev–Trinajstić information content (AvgIpc) is 2.28. The van der Waals surface area contributed by atoms with Crippen LogP contribution in [0.15, 0.2) is 0 Å². The smallest absolute Gasteiger partial charge is 0.218 e. The molecule has 4 nitrogen and oxygen atoms in total. The number of rotatable bonds is 3. The van der Waals surface area contributed by atoms with Gasteiger partial charge in [0, 0.05) is 13.5 Å². The van der Waals surface area contributed by atoms with E-state index >= 15 is 0 Å². The summed E-state index contributed by atoms with van der Waals surface area (Å²) in [6.45, 7) is 4.37. The molecule has 0 saturated heterocycles. The first kappa shape index (κ1) is 9.03. The van der Waals surface area contributed by atoms with Crippen molar-refractivity contribution in [1.82, 2.24) is 14.8 Å². The van der Waals surface area contributed by atoms with E-state index in [-0.39, 0.29) is 0 Å². The molecule has 0 aliphatic carbocycles. The quantitative estimate of drug-likeness (QED) is 0.732. The molecule has 0 amide bonds. The van der Waals surface area contributed by atoms with Crippen molar-refractivity contribution in [2.24, 2.45) is 13.0 Å². The Kier molecular flexibility index (Phi) is 2.68. The number of nitrogen functional groups attached to an aromatic ring is 1. The largest absolute Gasteiger partial charge is 0.368 e. The van der Waals surface area contributed by atoms with Gasteiger partial charge in [-0.05, 0) is 12.3 Å². The molecule has 4 heteroatoms. The number of nitrogens with two attached hydrogens (primary N) is 1. The van der Waals surface area contributed by atoms with E-state index in [1.165, 1.54) is 0 Å². The molecule has 0 aliphatic heterocycles. The Morgan fingerprint density at radius 2 is 2.17 bits per heavy atom. The van der Waals surface area contributed by atoms with Crippen LogP contribution in [0.25, 0.3) is 0 Å². The van der Waals surface area contributed by atoms with Gasteiger partial charge in [0.25, 0.3) is 0 Å². The highest BCUT2D eigenvalue weighted by Crippen LogP contribution is 2.06. The zero-order chi connectivity index (χ0) is 9.14. The van der Waals surface area contributed by atoms with E-state index in [2.05, 4.69) is 23.9 Å².